The molecule has 21 heavy (non-hydrogen) atoms. The molecule has 9 heteroatoms. The van der Waals surface area contributed by atoms with Crippen molar-refractivity contribution in [2.45, 2.75) is 38.1 Å². The summed E-state index contributed by atoms with van der Waals surface area (Å²) < 4.78 is 21.8. The average molecular weight is 339 g/mol. The summed E-state index contributed by atoms with van der Waals surface area (Å²) in [6.45, 7) is 0. The minimum Gasteiger partial charge on any atom is -0.480 e. The van der Waals surface area contributed by atoms with Crippen molar-refractivity contribution in [3.05, 3.63) is 0 Å². The fourth-order valence-corrected chi connectivity index (χ4v) is 3.52. The third-order valence-corrected chi connectivity index (χ3v) is 5.47. The summed E-state index contributed by atoms with van der Waals surface area (Å²) in [7, 11) is -0.785. The normalized spacial score (nSPS) is 12.7. The molecule has 0 aromatic carbocycles. The van der Waals surface area contributed by atoms with Gasteiger partial charge in [0.2, 0.25) is 5.91 Å². The molecular formula is C12H21NO6S2. The first-order chi connectivity index (χ1) is 9.69. The van der Waals surface area contributed by atoms with Crippen LogP contribution in [0.2, 0.25) is 0 Å². The first kappa shape index (κ1) is 19.9. The van der Waals surface area contributed by atoms with E-state index in [1.165, 1.54) is 7.05 Å². The SMILES string of the molecule is CN(C(=O)CCCCCSS(C)(=O)=O)C(CC=O)C(=O)O. The molecule has 0 saturated carbocycles. The van der Waals surface area contributed by atoms with Gasteiger partial charge in [0.15, 0.2) is 8.87 Å². The summed E-state index contributed by atoms with van der Waals surface area (Å²) in [5.74, 6) is -1.06. The van der Waals surface area contributed by atoms with Crippen molar-refractivity contribution >= 4 is 37.8 Å². The molecule has 0 aromatic heterocycles. The first-order valence-electron chi connectivity index (χ1n) is 6.45. The number of unbranched alkanes of at least 4 members (excludes halogenated alkanes) is 2. The number of hydrogen-bond acceptors (Lipinski definition) is 6. The number of aldehydes is 1. The highest BCUT2D eigenvalue weighted by atomic mass is 33.1. The van der Waals surface area contributed by atoms with Crippen LogP contribution in [0.15, 0.2) is 0 Å². The number of likely N-dealkylation sites (N-methyl/N-ethyl adjacent to an activating group) is 1. The van der Waals surface area contributed by atoms with Crippen molar-refractivity contribution in [2.75, 3.05) is 19.1 Å². The number of carboxylic acid groups (broad SMARTS) is 1. The van der Waals surface area contributed by atoms with Gasteiger partial charge in [0.05, 0.1) is 0 Å². The number of carbonyl (C=O) groups is 3. The molecule has 1 unspecified atom stereocenters. The zero-order valence-corrected chi connectivity index (χ0v) is 13.8. The Bertz CT molecular complexity index is 462. The summed E-state index contributed by atoms with van der Waals surface area (Å²) in [5, 5.41) is 8.93. The lowest BCUT2D eigenvalue weighted by atomic mass is 10.1. The summed E-state index contributed by atoms with van der Waals surface area (Å²) in [4.78, 5) is 34.2. The van der Waals surface area contributed by atoms with E-state index in [0.29, 0.717) is 31.3 Å². The molecule has 0 aliphatic rings. The van der Waals surface area contributed by atoms with Gasteiger partial charge in [-0.2, -0.15) is 0 Å². The van der Waals surface area contributed by atoms with E-state index in [2.05, 4.69) is 0 Å². The molecule has 0 aliphatic heterocycles. The molecule has 0 aliphatic carbocycles. The first-order valence-corrected chi connectivity index (χ1v) is 9.85. The Morgan fingerprint density at radius 1 is 1.29 bits per heavy atom. The van der Waals surface area contributed by atoms with E-state index in [4.69, 9.17) is 5.11 Å². The molecule has 1 amide bonds. The van der Waals surface area contributed by atoms with Crippen molar-refractivity contribution in [1.29, 1.82) is 0 Å². The molecule has 0 radical (unpaired) electrons. The molecule has 7 nitrogen and oxygen atoms in total. The van der Waals surface area contributed by atoms with E-state index in [0.717, 1.165) is 21.9 Å². The molecule has 0 bridgehead atoms. The summed E-state index contributed by atoms with van der Waals surface area (Å²) in [6.07, 6.45) is 3.49. The fraction of sp³-hybridized carbons (Fsp3) is 0.750. The predicted molar refractivity (Wildman–Crippen MR) is 80.6 cm³/mol. The molecule has 1 atom stereocenters. The number of amides is 1. The van der Waals surface area contributed by atoms with Crippen LogP contribution in [0.3, 0.4) is 0 Å². The third kappa shape index (κ3) is 9.46. The van der Waals surface area contributed by atoms with Crippen molar-refractivity contribution in [3.8, 4) is 0 Å². The number of aliphatic carboxylic acids is 1. The molecule has 0 fully saturated rings. The van der Waals surface area contributed by atoms with Crippen molar-refractivity contribution in [1.82, 2.24) is 4.90 Å². The Hall–Kier alpha value is -1.09. The monoisotopic (exact) mass is 339 g/mol. The van der Waals surface area contributed by atoms with Gasteiger partial charge in [0.1, 0.15) is 12.3 Å². The molecule has 0 saturated heterocycles. The zero-order valence-electron chi connectivity index (χ0n) is 12.1. The molecule has 0 heterocycles. The Morgan fingerprint density at radius 2 is 1.90 bits per heavy atom. The van der Waals surface area contributed by atoms with Gasteiger partial charge in [-0.1, -0.05) is 6.42 Å². The number of hydrogen-bond donors (Lipinski definition) is 1. The number of nitrogens with zero attached hydrogens (tertiary/aromatic N) is 1. The lowest BCUT2D eigenvalue weighted by Gasteiger charge is -2.23. The Kier molecular flexibility index (Phi) is 9.27. The molecular weight excluding hydrogens is 318 g/mol. The lowest BCUT2D eigenvalue weighted by Crippen LogP contribution is -2.42. The summed E-state index contributed by atoms with van der Waals surface area (Å²) in [5.41, 5.74) is 0. The van der Waals surface area contributed by atoms with Crippen molar-refractivity contribution < 1.29 is 27.9 Å². The van der Waals surface area contributed by atoms with Crippen LogP contribution in [0, 0.1) is 0 Å². The van der Waals surface area contributed by atoms with Gasteiger partial charge in [-0.3, -0.25) is 4.79 Å². The quantitative estimate of drug-likeness (QED) is 0.336. The maximum absolute atomic E-state index is 11.8. The van der Waals surface area contributed by atoms with Crippen LogP contribution in [0.4, 0.5) is 0 Å². The maximum Gasteiger partial charge on any atom is 0.326 e. The second kappa shape index (κ2) is 9.78. The van der Waals surface area contributed by atoms with E-state index in [9.17, 15) is 22.8 Å². The molecule has 122 valence electrons. The Balaban J connectivity index is 4.02. The van der Waals surface area contributed by atoms with E-state index < -0.39 is 20.9 Å². The van der Waals surface area contributed by atoms with Crippen LogP contribution >= 0.6 is 10.8 Å². The standard InChI is InChI=1S/C12H21NO6S2/c1-13(10(7-8-14)12(16)17)11(15)6-4-3-5-9-20-21(2,18)19/h8,10H,3-7,9H2,1-2H3,(H,16,17). The van der Waals surface area contributed by atoms with Crippen LogP contribution in [-0.4, -0.2) is 61.7 Å². The second-order valence-electron chi connectivity index (χ2n) is 4.60. The van der Waals surface area contributed by atoms with Crippen LogP contribution < -0.4 is 0 Å². The van der Waals surface area contributed by atoms with E-state index >= 15 is 0 Å². The second-order valence-corrected chi connectivity index (χ2v) is 9.17. The average Bonchev–Trinajstić information content (AvgIpc) is 2.37. The largest absolute Gasteiger partial charge is 0.480 e. The van der Waals surface area contributed by atoms with Gasteiger partial charge in [0, 0.05) is 31.9 Å². The van der Waals surface area contributed by atoms with Crippen LogP contribution in [0.1, 0.15) is 32.1 Å². The topological polar surface area (TPSA) is 109 Å². The van der Waals surface area contributed by atoms with E-state index in [1.807, 2.05) is 0 Å². The minimum atomic E-state index is -3.02. The molecule has 0 rings (SSSR count). The highest BCUT2D eigenvalue weighted by molar-refractivity contribution is 8.71. The van der Waals surface area contributed by atoms with Gasteiger partial charge < -0.3 is 14.8 Å². The Morgan fingerprint density at radius 3 is 2.38 bits per heavy atom. The molecule has 1 N–H and O–H groups in total. The van der Waals surface area contributed by atoms with Crippen LogP contribution in [-0.2, 0) is 23.3 Å². The van der Waals surface area contributed by atoms with Gasteiger partial charge >= 0.3 is 5.97 Å². The maximum atomic E-state index is 11.8. The number of rotatable bonds is 11. The number of carboxylic acids is 1. The smallest absolute Gasteiger partial charge is 0.326 e. The third-order valence-electron chi connectivity index (χ3n) is 2.80. The van der Waals surface area contributed by atoms with Crippen molar-refractivity contribution in [2.24, 2.45) is 0 Å². The lowest BCUT2D eigenvalue weighted by molar-refractivity contribution is -0.149. The predicted octanol–water partition coefficient (Wildman–Crippen LogP) is 0.740. The highest BCUT2D eigenvalue weighted by Crippen LogP contribution is 2.14. The highest BCUT2D eigenvalue weighted by Gasteiger charge is 2.25. The summed E-state index contributed by atoms with van der Waals surface area (Å²) in [6, 6.07) is -1.13. The van der Waals surface area contributed by atoms with Gasteiger partial charge in [-0.25, -0.2) is 13.2 Å². The zero-order chi connectivity index (χ0) is 16.5. The minimum absolute atomic E-state index is 0.183. The van der Waals surface area contributed by atoms with Gasteiger partial charge in [-0.15, -0.1) is 0 Å². The fourth-order valence-electron chi connectivity index (χ4n) is 1.63. The Labute approximate surface area is 128 Å². The van der Waals surface area contributed by atoms with Gasteiger partial charge in [-0.05, 0) is 23.6 Å². The molecule has 0 spiro atoms. The van der Waals surface area contributed by atoms with E-state index in [1.54, 1.807) is 0 Å². The van der Waals surface area contributed by atoms with E-state index in [-0.39, 0.29) is 18.7 Å². The summed E-state index contributed by atoms with van der Waals surface area (Å²) >= 11 is 0. The number of carbonyl (C=O) groups excluding carboxylic acids is 2. The van der Waals surface area contributed by atoms with Crippen LogP contribution in [0.5, 0.6) is 0 Å². The molecule has 0 aromatic rings. The van der Waals surface area contributed by atoms with Crippen molar-refractivity contribution in [3.63, 3.8) is 0 Å². The van der Waals surface area contributed by atoms with Crippen LogP contribution in [0.25, 0.3) is 0 Å². The van der Waals surface area contributed by atoms with Gasteiger partial charge in [0.25, 0.3) is 0 Å².